The van der Waals surface area contributed by atoms with E-state index >= 15 is 0 Å². The molecule has 172 valence electrons. The molecular formula is C24H26F2N6O. The first-order chi connectivity index (χ1) is 16.0. The predicted octanol–water partition coefficient (Wildman–Crippen LogP) is 4.93. The van der Waals surface area contributed by atoms with E-state index in [0.29, 0.717) is 0 Å². The van der Waals surface area contributed by atoms with Gasteiger partial charge in [0.1, 0.15) is 11.5 Å². The van der Waals surface area contributed by atoms with Crippen LogP contribution in [0, 0.1) is 11.6 Å². The topological polar surface area (TPSA) is 69.8 Å². The molecule has 1 N–H and O–H groups in total. The van der Waals surface area contributed by atoms with Crippen molar-refractivity contribution < 1.29 is 13.5 Å². The molecule has 0 aliphatic heterocycles. The summed E-state index contributed by atoms with van der Waals surface area (Å²) in [4.78, 5) is 4.64. The lowest BCUT2D eigenvalue weighted by atomic mass is 9.93. The first-order valence-electron chi connectivity index (χ1n) is 11.2. The summed E-state index contributed by atoms with van der Waals surface area (Å²) in [5.74, 6) is -1.03. The molecule has 0 bridgehead atoms. The van der Waals surface area contributed by atoms with E-state index in [1.54, 1.807) is 4.68 Å². The lowest BCUT2D eigenvalue weighted by molar-refractivity contribution is 0.142. The normalized spacial score (nSPS) is 18.5. The molecule has 0 saturated heterocycles. The van der Waals surface area contributed by atoms with Gasteiger partial charge in [0, 0.05) is 49.0 Å². The van der Waals surface area contributed by atoms with Crippen molar-refractivity contribution in [1.82, 2.24) is 24.5 Å². The van der Waals surface area contributed by atoms with Gasteiger partial charge in [-0.05, 0) is 44.7 Å². The molecule has 0 unspecified atom stereocenters. The summed E-state index contributed by atoms with van der Waals surface area (Å²) >= 11 is 0. The van der Waals surface area contributed by atoms with Gasteiger partial charge >= 0.3 is 0 Å². The van der Waals surface area contributed by atoms with Crippen molar-refractivity contribution in [2.45, 2.75) is 51.3 Å². The molecule has 0 spiro atoms. The van der Waals surface area contributed by atoms with Crippen molar-refractivity contribution in [2.24, 2.45) is 7.05 Å². The molecule has 33 heavy (non-hydrogen) atoms. The molecule has 1 aromatic carbocycles. The second kappa shape index (κ2) is 8.80. The van der Waals surface area contributed by atoms with E-state index in [1.165, 1.54) is 12.1 Å². The number of nitrogens with zero attached hydrogens (tertiary/aromatic N) is 5. The Balaban J connectivity index is 1.27. The summed E-state index contributed by atoms with van der Waals surface area (Å²) in [5, 5.41) is 13.5. The van der Waals surface area contributed by atoms with Crippen LogP contribution >= 0.6 is 0 Å². The standard InChI is InChI=1S/C24H26F2N6O/c1-3-32-20-11-22(27-13-18(20)24(30-32)15-12-28-31(2)14-15)29-16-7-9-17(10-8-16)33-21-6-4-5-19(25)23(21)26/h4-6,11-14,16-17H,3,7-10H2,1-2H3,(H,27,29). The summed E-state index contributed by atoms with van der Waals surface area (Å²) in [5.41, 5.74) is 2.86. The lowest BCUT2D eigenvalue weighted by Crippen LogP contribution is -2.31. The third kappa shape index (κ3) is 4.27. The van der Waals surface area contributed by atoms with Crippen LogP contribution in [-0.2, 0) is 13.6 Å². The number of halogens is 2. The Labute approximate surface area is 190 Å². The van der Waals surface area contributed by atoms with Crippen LogP contribution in [0.2, 0.25) is 0 Å². The van der Waals surface area contributed by atoms with Gasteiger partial charge < -0.3 is 10.1 Å². The van der Waals surface area contributed by atoms with Gasteiger partial charge in [-0.3, -0.25) is 9.36 Å². The second-order valence-corrected chi connectivity index (χ2v) is 8.44. The van der Waals surface area contributed by atoms with E-state index in [4.69, 9.17) is 9.84 Å². The summed E-state index contributed by atoms with van der Waals surface area (Å²) in [6.45, 7) is 2.81. The van der Waals surface area contributed by atoms with Gasteiger partial charge in [0.2, 0.25) is 5.82 Å². The van der Waals surface area contributed by atoms with E-state index in [1.807, 2.05) is 36.4 Å². The van der Waals surface area contributed by atoms with Crippen molar-refractivity contribution in [1.29, 1.82) is 0 Å². The van der Waals surface area contributed by atoms with Gasteiger partial charge in [0.05, 0.1) is 17.8 Å². The maximum Gasteiger partial charge on any atom is 0.200 e. The van der Waals surface area contributed by atoms with Crippen molar-refractivity contribution in [2.75, 3.05) is 5.32 Å². The van der Waals surface area contributed by atoms with Gasteiger partial charge in [-0.15, -0.1) is 0 Å². The number of hydrogen-bond acceptors (Lipinski definition) is 5. The van der Waals surface area contributed by atoms with Crippen LogP contribution in [-0.4, -0.2) is 36.7 Å². The average molecular weight is 453 g/mol. The molecule has 0 radical (unpaired) electrons. The Morgan fingerprint density at radius 2 is 1.97 bits per heavy atom. The third-order valence-corrected chi connectivity index (χ3v) is 6.15. The van der Waals surface area contributed by atoms with Gasteiger partial charge in [-0.2, -0.15) is 14.6 Å². The lowest BCUT2D eigenvalue weighted by Gasteiger charge is -2.30. The van der Waals surface area contributed by atoms with Crippen LogP contribution < -0.4 is 10.1 Å². The molecule has 0 amide bonds. The van der Waals surface area contributed by atoms with Crippen LogP contribution in [0.1, 0.15) is 32.6 Å². The smallest absolute Gasteiger partial charge is 0.200 e. The third-order valence-electron chi connectivity index (χ3n) is 6.15. The number of aromatic nitrogens is 5. The minimum Gasteiger partial charge on any atom is -0.487 e. The molecule has 1 aliphatic rings. The number of rotatable bonds is 6. The van der Waals surface area contributed by atoms with Crippen molar-refractivity contribution in [3.63, 3.8) is 0 Å². The number of ether oxygens (including phenoxy) is 1. The Hall–Kier alpha value is -3.49. The Kier molecular flexibility index (Phi) is 5.70. The number of nitrogens with one attached hydrogen (secondary N) is 1. The SMILES string of the molecule is CCn1nc(-c2cnn(C)c2)c2cnc(NC3CCC(Oc4cccc(F)c4F)CC3)cc21. The minimum absolute atomic E-state index is 0.0178. The number of fused-ring (bicyclic) bond motifs is 1. The van der Waals surface area contributed by atoms with Crippen LogP contribution in [0.15, 0.2) is 42.9 Å². The number of aryl methyl sites for hydroxylation is 2. The van der Waals surface area contributed by atoms with Gasteiger partial charge in [0.25, 0.3) is 0 Å². The molecule has 3 heterocycles. The van der Waals surface area contributed by atoms with Crippen LogP contribution in [0.4, 0.5) is 14.6 Å². The fraction of sp³-hybridized carbons (Fsp3) is 0.375. The number of anilines is 1. The maximum absolute atomic E-state index is 13.9. The largest absolute Gasteiger partial charge is 0.487 e. The van der Waals surface area contributed by atoms with Gasteiger partial charge in [-0.1, -0.05) is 6.07 Å². The summed E-state index contributed by atoms with van der Waals surface area (Å²) in [7, 11) is 1.89. The minimum atomic E-state index is -0.923. The fourth-order valence-electron chi connectivity index (χ4n) is 4.43. The van der Waals surface area contributed by atoms with E-state index in [2.05, 4.69) is 22.3 Å². The summed E-state index contributed by atoms with van der Waals surface area (Å²) in [6, 6.07) is 6.30. The quantitative estimate of drug-likeness (QED) is 0.449. The highest BCUT2D eigenvalue weighted by Crippen LogP contribution is 2.31. The fourth-order valence-corrected chi connectivity index (χ4v) is 4.43. The number of pyridine rings is 1. The van der Waals surface area contributed by atoms with Crippen LogP contribution in [0.5, 0.6) is 5.75 Å². The van der Waals surface area contributed by atoms with Gasteiger partial charge in [0.15, 0.2) is 11.6 Å². The zero-order valence-electron chi connectivity index (χ0n) is 18.6. The molecule has 7 nitrogen and oxygen atoms in total. The molecule has 1 fully saturated rings. The van der Waals surface area contributed by atoms with E-state index in [-0.39, 0.29) is 17.9 Å². The van der Waals surface area contributed by atoms with Crippen molar-refractivity contribution in [3.8, 4) is 17.0 Å². The summed E-state index contributed by atoms with van der Waals surface area (Å²) < 4.78 is 36.8. The van der Waals surface area contributed by atoms with Crippen LogP contribution in [0.3, 0.4) is 0 Å². The number of benzene rings is 1. The van der Waals surface area contributed by atoms with Gasteiger partial charge in [-0.25, -0.2) is 9.37 Å². The zero-order valence-corrected chi connectivity index (χ0v) is 18.6. The Morgan fingerprint density at radius 3 is 2.70 bits per heavy atom. The summed E-state index contributed by atoms with van der Waals surface area (Å²) in [6.07, 6.45) is 8.72. The first kappa shape index (κ1) is 21.4. The zero-order chi connectivity index (χ0) is 22.9. The maximum atomic E-state index is 13.9. The monoisotopic (exact) mass is 452 g/mol. The predicted molar refractivity (Wildman–Crippen MR) is 122 cm³/mol. The Morgan fingerprint density at radius 1 is 1.15 bits per heavy atom. The highest BCUT2D eigenvalue weighted by Gasteiger charge is 2.24. The number of hydrogen-bond donors (Lipinski definition) is 1. The first-order valence-corrected chi connectivity index (χ1v) is 11.2. The average Bonchev–Trinajstić information content (AvgIpc) is 3.41. The van der Waals surface area contributed by atoms with E-state index in [0.717, 1.165) is 66.3 Å². The van der Waals surface area contributed by atoms with Crippen molar-refractivity contribution in [3.05, 3.63) is 54.5 Å². The Bertz CT molecular complexity index is 1280. The van der Waals surface area contributed by atoms with E-state index in [9.17, 15) is 8.78 Å². The second-order valence-electron chi connectivity index (χ2n) is 8.44. The molecule has 5 rings (SSSR count). The molecule has 9 heteroatoms. The van der Waals surface area contributed by atoms with E-state index < -0.39 is 11.6 Å². The molecule has 0 atom stereocenters. The van der Waals surface area contributed by atoms with Crippen molar-refractivity contribution >= 4 is 16.7 Å². The molecular weight excluding hydrogens is 426 g/mol. The molecule has 1 aliphatic carbocycles. The van der Waals surface area contributed by atoms with Crippen LogP contribution in [0.25, 0.3) is 22.2 Å². The molecule has 1 saturated carbocycles. The highest BCUT2D eigenvalue weighted by molar-refractivity contribution is 5.93. The molecule has 4 aromatic rings. The molecule has 3 aromatic heterocycles. The highest BCUT2D eigenvalue weighted by atomic mass is 19.2.